The zero-order valence-electron chi connectivity index (χ0n) is 13.7. The number of rotatable bonds is 3. The molecule has 4 rings (SSSR count). The van der Waals surface area contributed by atoms with Gasteiger partial charge in [0.15, 0.2) is 0 Å². The fourth-order valence-electron chi connectivity index (χ4n) is 3.61. The third-order valence-electron chi connectivity index (χ3n) is 4.85. The number of aryl methyl sites for hydroxylation is 1. The summed E-state index contributed by atoms with van der Waals surface area (Å²) in [6.07, 6.45) is 4.24. The number of benzene rings is 2. The van der Waals surface area contributed by atoms with Crippen LogP contribution < -0.4 is 5.32 Å². The highest BCUT2D eigenvalue weighted by molar-refractivity contribution is 6.22. The number of nitrogens with zero attached hydrogens (tertiary/aromatic N) is 1. The van der Waals surface area contributed by atoms with Crippen molar-refractivity contribution in [2.45, 2.75) is 25.7 Å². The van der Waals surface area contributed by atoms with Gasteiger partial charge in [0.25, 0.3) is 11.8 Å². The molecule has 5 nitrogen and oxygen atoms in total. The van der Waals surface area contributed by atoms with E-state index in [1.165, 1.54) is 17.5 Å². The van der Waals surface area contributed by atoms with Gasteiger partial charge >= 0.3 is 0 Å². The van der Waals surface area contributed by atoms with Crippen LogP contribution in [0.25, 0.3) is 0 Å². The van der Waals surface area contributed by atoms with Crippen molar-refractivity contribution in [3.8, 4) is 0 Å². The number of hydrogen-bond donors (Lipinski definition) is 1. The van der Waals surface area contributed by atoms with Crippen molar-refractivity contribution >= 4 is 23.4 Å². The van der Waals surface area contributed by atoms with Crippen molar-refractivity contribution in [3.05, 3.63) is 64.7 Å². The van der Waals surface area contributed by atoms with Crippen LogP contribution in [0.2, 0.25) is 0 Å². The summed E-state index contributed by atoms with van der Waals surface area (Å²) in [5, 5.41) is 2.88. The Morgan fingerprint density at radius 1 is 0.920 bits per heavy atom. The van der Waals surface area contributed by atoms with Gasteiger partial charge in [-0.15, -0.1) is 0 Å². The molecule has 0 unspecified atom stereocenters. The molecule has 0 radical (unpaired) electrons. The van der Waals surface area contributed by atoms with E-state index in [1.54, 1.807) is 24.3 Å². The van der Waals surface area contributed by atoms with E-state index in [4.69, 9.17) is 0 Å². The molecular weight excluding hydrogens is 316 g/mol. The Hall–Kier alpha value is -2.95. The molecule has 0 saturated carbocycles. The van der Waals surface area contributed by atoms with E-state index in [2.05, 4.69) is 11.4 Å². The highest BCUT2D eigenvalue weighted by Gasteiger charge is 2.36. The molecule has 3 amide bonds. The fraction of sp³-hybridized carbons (Fsp3) is 0.250. The monoisotopic (exact) mass is 334 g/mol. The molecule has 126 valence electrons. The molecule has 5 heteroatoms. The Balaban J connectivity index is 1.51. The molecule has 0 spiro atoms. The van der Waals surface area contributed by atoms with Gasteiger partial charge in [0, 0.05) is 5.69 Å². The molecule has 1 aliphatic carbocycles. The van der Waals surface area contributed by atoms with Gasteiger partial charge in [-0.05, 0) is 55.0 Å². The molecule has 2 aromatic carbocycles. The van der Waals surface area contributed by atoms with E-state index in [1.807, 2.05) is 12.1 Å². The van der Waals surface area contributed by atoms with Gasteiger partial charge in [0.1, 0.15) is 6.54 Å². The summed E-state index contributed by atoms with van der Waals surface area (Å²) in [4.78, 5) is 38.2. The number of amides is 3. The number of carbonyl (C=O) groups excluding carboxylic acids is 3. The number of hydrogen-bond acceptors (Lipinski definition) is 3. The smallest absolute Gasteiger partial charge is 0.262 e. The van der Waals surface area contributed by atoms with Crippen LogP contribution in [-0.4, -0.2) is 29.2 Å². The molecule has 0 atom stereocenters. The van der Waals surface area contributed by atoms with Crippen LogP contribution in [0.3, 0.4) is 0 Å². The minimum absolute atomic E-state index is 0.268. The Kier molecular flexibility index (Phi) is 3.84. The number of carbonyl (C=O) groups is 3. The molecule has 1 N–H and O–H groups in total. The van der Waals surface area contributed by atoms with Gasteiger partial charge in [-0.2, -0.15) is 0 Å². The Bertz CT molecular complexity index is 853. The third kappa shape index (κ3) is 2.71. The van der Waals surface area contributed by atoms with Gasteiger partial charge in [-0.25, -0.2) is 0 Å². The summed E-state index contributed by atoms with van der Waals surface area (Å²) in [5.74, 6) is -1.18. The highest BCUT2D eigenvalue weighted by atomic mass is 16.2. The van der Waals surface area contributed by atoms with Crippen molar-refractivity contribution < 1.29 is 14.4 Å². The second-order valence-corrected chi connectivity index (χ2v) is 6.44. The molecule has 0 saturated heterocycles. The first-order valence-corrected chi connectivity index (χ1v) is 8.51. The Morgan fingerprint density at radius 2 is 1.60 bits per heavy atom. The first kappa shape index (κ1) is 15.6. The Morgan fingerprint density at radius 3 is 2.32 bits per heavy atom. The predicted molar refractivity (Wildman–Crippen MR) is 93.5 cm³/mol. The lowest BCUT2D eigenvalue weighted by atomic mass is 9.90. The van der Waals surface area contributed by atoms with Gasteiger partial charge < -0.3 is 5.32 Å². The normalized spacial score (nSPS) is 15.8. The average Bonchev–Trinajstić information content (AvgIpc) is 2.87. The standard InChI is InChI=1S/C20H18N2O3/c23-18(21-17-11-5-7-13-6-1-2-8-14(13)17)12-22-19(24)15-9-3-4-10-16(15)20(22)25/h3-5,7,9-11H,1-2,6,8,12H2,(H,21,23). The lowest BCUT2D eigenvalue weighted by molar-refractivity contribution is -0.116. The SMILES string of the molecule is O=C(CN1C(=O)c2ccccc2C1=O)Nc1cccc2c1CCCC2. The molecule has 0 fully saturated rings. The molecule has 1 aliphatic heterocycles. The maximum atomic E-state index is 12.4. The maximum absolute atomic E-state index is 12.4. The first-order valence-electron chi connectivity index (χ1n) is 8.51. The van der Waals surface area contributed by atoms with Gasteiger partial charge in [-0.1, -0.05) is 24.3 Å². The topological polar surface area (TPSA) is 66.5 Å². The molecule has 2 aromatic rings. The van der Waals surface area contributed by atoms with E-state index in [0.717, 1.165) is 29.8 Å². The minimum Gasteiger partial charge on any atom is -0.324 e. The Labute approximate surface area is 145 Å². The quantitative estimate of drug-likeness (QED) is 0.878. The van der Waals surface area contributed by atoms with Crippen LogP contribution in [0.4, 0.5) is 5.69 Å². The van der Waals surface area contributed by atoms with Crippen molar-refractivity contribution in [1.82, 2.24) is 4.90 Å². The summed E-state index contributed by atoms with van der Waals surface area (Å²) in [7, 11) is 0. The average molecular weight is 334 g/mol. The summed E-state index contributed by atoms with van der Waals surface area (Å²) in [5.41, 5.74) is 3.95. The van der Waals surface area contributed by atoms with Crippen molar-refractivity contribution in [3.63, 3.8) is 0 Å². The van der Waals surface area contributed by atoms with Crippen LogP contribution in [0.15, 0.2) is 42.5 Å². The van der Waals surface area contributed by atoms with Crippen LogP contribution in [0.5, 0.6) is 0 Å². The second-order valence-electron chi connectivity index (χ2n) is 6.44. The zero-order valence-corrected chi connectivity index (χ0v) is 13.7. The fourth-order valence-corrected chi connectivity index (χ4v) is 3.61. The molecule has 25 heavy (non-hydrogen) atoms. The van der Waals surface area contributed by atoms with Gasteiger partial charge in [-0.3, -0.25) is 19.3 Å². The number of nitrogens with one attached hydrogen (secondary N) is 1. The molecule has 0 aromatic heterocycles. The van der Waals surface area contributed by atoms with E-state index in [0.29, 0.717) is 11.1 Å². The molecule has 2 aliphatic rings. The van der Waals surface area contributed by atoms with Crippen LogP contribution in [0, 0.1) is 0 Å². The van der Waals surface area contributed by atoms with E-state index >= 15 is 0 Å². The minimum atomic E-state index is -0.411. The molecule has 1 heterocycles. The summed E-state index contributed by atoms with van der Waals surface area (Å²) < 4.78 is 0. The summed E-state index contributed by atoms with van der Waals surface area (Å²) in [6, 6.07) is 12.6. The third-order valence-corrected chi connectivity index (χ3v) is 4.85. The van der Waals surface area contributed by atoms with E-state index in [9.17, 15) is 14.4 Å². The number of anilines is 1. The maximum Gasteiger partial charge on any atom is 0.262 e. The van der Waals surface area contributed by atoms with Gasteiger partial charge in [0.05, 0.1) is 11.1 Å². The summed E-state index contributed by atoms with van der Waals surface area (Å²) >= 11 is 0. The largest absolute Gasteiger partial charge is 0.324 e. The van der Waals surface area contributed by atoms with Crippen molar-refractivity contribution in [2.75, 3.05) is 11.9 Å². The van der Waals surface area contributed by atoms with Crippen molar-refractivity contribution in [1.29, 1.82) is 0 Å². The van der Waals surface area contributed by atoms with Crippen LogP contribution >= 0.6 is 0 Å². The number of imide groups is 1. The molecule has 0 bridgehead atoms. The first-order chi connectivity index (χ1) is 12.1. The van der Waals surface area contributed by atoms with Gasteiger partial charge in [0.2, 0.25) is 5.91 Å². The zero-order chi connectivity index (χ0) is 17.4. The highest BCUT2D eigenvalue weighted by Crippen LogP contribution is 2.28. The van der Waals surface area contributed by atoms with Crippen LogP contribution in [0.1, 0.15) is 44.7 Å². The second kappa shape index (κ2) is 6.16. The lowest BCUT2D eigenvalue weighted by Gasteiger charge is -2.20. The number of fused-ring (bicyclic) bond motifs is 2. The predicted octanol–water partition coefficient (Wildman–Crippen LogP) is 2.80. The summed E-state index contributed by atoms with van der Waals surface area (Å²) in [6.45, 7) is -0.268. The van der Waals surface area contributed by atoms with E-state index in [-0.39, 0.29) is 12.5 Å². The van der Waals surface area contributed by atoms with Crippen molar-refractivity contribution in [2.24, 2.45) is 0 Å². The van der Waals surface area contributed by atoms with Crippen LogP contribution in [-0.2, 0) is 17.6 Å². The molecular formula is C20H18N2O3. The van der Waals surface area contributed by atoms with E-state index < -0.39 is 11.8 Å². The lowest BCUT2D eigenvalue weighted by Crippen LogP contribution is -2.37.